The number of ketones is 1. The zero-order valence-electron chi connectivity index (χ0n) is 12.3. The molecule has 0 N–H and O–H groups in total. The van der Waals surface area contributed by atoms with E-state index in [1.54, 1.807) is 0 Å². The first-order valence-corrected chi connectivity index (χ1v) is 10.8. The Balaban J connectivity index is 0.000000221. The lowest BCUT2D eigenvalue weighted by molar-refractivity contribution is -0.119. The summed E-state index contributed by atoms with van der Waals surface area (Å²) in [5.41, 5.74) is 0. The topological polar surface area (TPSA) is 74.3 Å². The van der Waals surface area contributed by atoms with E-state index in [4.69, 9.17) is 0 Å². The molecule has 1 aliphatic heterocycles. The van der Waals surface area contributed by atoms with E-state index >= 15 is 0 Å². The summed E-state index contributed by atoms with van der Waals surface area (Å²) < 4.78 is 29.5. The molecule has 6 heteroatoms. The summed E-state index contributed by atoms with van der Waals surface area (Å²) in [5, 5.41) is 0.501. The second-order valence-electron chi connectivity index (χ2n) is 5.47. The number of hydrogen-bond acceptors (Lipinski definition) is 4. The molecule has 0 bridgehead atoms. The summed E-state index contributed by atoms with van der Waals surface area (Å²) in [6, 6.07) is 0. The predicted molar refractivity (Wildman–Crippen MR) is 83.1 cm³/mol. The van der Waals surface area contributed by atoms with Gasteiger partial charge in [-0.3, -0.25) is 4.79 Å². The van der Waals surface area contributed by atoms with Gasteiger partial charge in [0, 0.05) is 18.6 Å². The Bertz CT molecular complexity index is 386. The maximum Gasteiger partial charge on any atom is 0.184 e. The van der Waals surface area contributed by atoms with Gasteiger partial charge in [0.15, 0.2) is 11.0 Å². The molecular formula is C14H26O4S2. The van der Waals surface area contributed by atoms with Crippen molar-refractivity contribution in [1.82, 2.24) is 0 Å². The van der Waals surface area contributed by atoms with Crippen LogP contribution in [0.3, 0.4) is 0 Å². The smallest absolute Gasteiger partial charge is 0.184 e. The maximum atomic E-state index is 11.6. The van der Waals surface area contributed by atoms with Crippen molar-refractivity contribution in [3.8, 4) is 0 Å². The van der Waals surface area contributed by atoms with Gasteiger partial charge in [-0.05, 0) is 43.0 Å². The summed E-state index contributed by atoms with van der Waals surface area (Å²) in [5.74, 6) is 3.09. The summed E-state index contributed by atoms with van der Waals surface area (Å²) in [7, 11) is -3.43. The molecule has 0 aromatic rings. The first-order chi connectivity index (χ1) is 9.44. The average Bonchev–Trinajstić information content (AvgIpc) is 2.90. The first kappa shape index (κ1) is 18.0. The van der Waals surface area contributed by atoms with E-state index in [1.165, 1.54) is 37.2 Å². The molecule has 118 valence electrons. The van der Waals surface area contributed by atoms with Crippen LogP contribution >= 0.6 is 0 Å². The largest absolute Gasteiger partial charge is 0.748 e. The Morgan fingerprint density at radius 1 is 1.20 bits per heavy atom. The van der Waals surface area contributed by atoms with E-state index in [9.17, 15) is 17.8 Å². The maximum absolute atomic E-state index is 11.6. The van der Waals surface area contributed by atoms with Gasteiger partial charge in [0.2, 0.25) is 0 Å². The molecule has 1 saturated carbocycles. The first-order valence-electron chi connectivity index (χ1n) is 7.56. The monoisotopic (exact) mass is 322 g/mol. The van der Waals surface area contributed by atoms with Gasteiger partial charge >= 0.3 is 0 Å². The summed E-state index contributed by atoms with van der Waals surface area (Å²) >= 11 is 0. The standard InChI is InChI=1S/C10H17OS.C4H10O3S/c11-9-5-1-2-6-10(9)12-7-3-4-8-12;1-2-3-4-8(5,6)7/h10H,1-8H2;2-4H2,1H3,(H,5,6,7)/q+1;/p-1. The quantitative estimate of drug-likeness (QED) is 0.587. The van der Waals surface area contributed by atoms with Gasteiger partial charge in [-0.25, -0.2) is 8.42 Å². The van der Waals surface area contributed by atoms with Crippen molar-refractivity contribution in [2.75, 3.05) is 17.3 Å². The molecule has 0 radical (unpaired) electrons. The van der Waals surface area contributed by atoms with Crippen LogP contribution in [0.5, 0.6) is 0 Å². The van der Waals surface area contributed by atoms with Gasteiger partial charge < -0.3 is 4.55 Å². The average molecular weight is 322 g/mol. The molecule has 20 heavy (non-hydrogen) atoms. The highest BCUT2D eigenvalue weighted by atomic mass is 32.2. The van der Waals surface area contributed by atoms with Crippen molar-refractivity contribution >= 4 is 26.8 Å². The van der Waals surface area contributed by atoms with E-state index in [0.717, 1.165) is 19.3 Å². The molecule has 0 amide bonds. The van der Waals surface area contributed by atoms with Crippen LogP contribution < -0.4 is 0 Å². The van der Waals surface area contributed by atoms with Crippen LogP contribution in [0.25, 0.3) is 0 Å². The van der Waals surface area contributed by atoms with Crippen LogP contribution in [-0.4, -0.2) is 41.3 Å². The zero-order chi connectivity index (χ0) is 15.0. The summed E-state index contributed by atoms with van der Waals surface area (Å²) in [6.45, 7) is 1.84. The van der Waals surface area contributed by atoms with E-state index in [-0.39, 0.29) is 5.75 Å². The molecule has 1 atom stereocenters. The third-order valence-corrected chi connectivity index (χ3v) is 7.43. The molecular weight excluding hydrogens is 296 g/mol. The number of rotatable bonds is 4. The molecule has 1 saturated heterocycles. The van der Waals surface area contributed by atoms with Crippen LogP contribution in [0.1, 0.15) is 58.3 Å². The fourth-order valence-corrected chi connectivity index (χ4v) is 6.14. The van der Waals surface area contributed by atoms with E-state index < -0.39 is 10.1 Å². The number of carbonyl (C=O) groups is 1. The summed E-state index contributed by atoms with van der Waals surface area (Å²) in [4.78, 5) is 11.6. The molecule has 2 fully saturated rings. The minimum Gasteiger partial charge on any atom is -0.748 e. The molecule has 0 spiro atoms. The highest BCUT2D eigenvalue weighted by Gasteiger charge is 2.39. The van der Waals surface area contributed by atoms with Crippen LogP contribution in [0.2, 0.25) is 0 Å². The van der Waals surface area contributed by atoms with Crippen molar-refractivity contribution in [2.24, 2.45) is 0 Å². The van der Waals surface area contributed by atoms with Crippen LogP contribution in [0.4, 0.5) is 0 Å². The van der Waals surface area contributed by atoms with Gasteiger partial charge in [-0.15, -0.1) is 0 Å². The highest BCUT2D eigenvalue weighted by molar-refractivity contribution is 7.98. The van der Waals surface area contributed by atoms with Crippen molar-refractivity contribution in [2.45, 2.75) is 63.5 Å². The second kappa shape index (κ2) is 9.05. The third-order valence-electron chi connectivity index (χ3n) is 3.71. The fourth-order valence-electron chi connectivity index (χ4n) is 2.59. The third kappa shape index (κ3) is 7.09. The van der Waals surface area contributed by atoms with E-state index in [0.29, 0.717) is 28.3 Å². The molecule has 2 aliphatic rings. The van der Waals surface area contributed by atoms with Crippen LogP contribution in [0.15, 0.2) is 0 Å². The van der Waals surface area contributed by atoms with Crippen molar-refractivity contribution in [1.29, 1.82) is 0 Å². The highest BCUT2D eigenvalue weighted by Crippen LogP contribution is 2.27. The Hall–Kier alpha value is -0.0700. The minimum absolute atomic E-state index is 0.219. The lowest BCUT2D eigenvalue weighted by atomic mass is 9.99. The van der Waals surface area contributed by atoms with Crippen LogP contribution in [0, 0.1) is 0 Å². The Morgan fingerprint density at radius 3 is 2.30 bits per heavy atom. The minimum atomic E-state index is -3.94. The molecule has 0 aromatic carbocycles. The molecule has 1 unspecified atom stereocenters. The molecule has 0 aromatic heterocycles. The second-order valence-corrected chi connectivity index (χ2v) is 9.45. The fraction of sp³-hybridized carbons (Fsp3) is 0.929. The van der Waals surface area contributed by atoms with Crippen molar-refractivity contribution in [3.05, 3.63) is 0 Å². The van der Waals surface area contributed by atoms with Gasteiger partial charge in [-0.1, -0.05) is 13.3 Å². The van der Waals surface area contributed by atoms with E-state index in [1.807, 2.05) is 6.92 Å². The molecule has 1 aliphatic carbocycles. The lowest BCUT2D eigenvalue weighted by Crippen LogP contribution is -2.34. The van der Waals surface area contributed by atoms with Gasteiger partial charge in [0.25, 0.3) is 0 Å². The van der Waals surface area contributed by atoms with Crippen molar-refractivity contribution < 1.29 is 17.8 Å². The molecule has 4 nitrogen and oxygen atoms in total. The number of Topliss-reactive ketones (excluding diaryl/α,β-unsaturated/α-hetero) is 1. The van der Waals surface area contributed by atoms with Gasteiger partial charge in [0.05, 0.1) is 10.1 Å². The lowest BCUT2D eigenvalue weighted by Gasteiger charge is -2.18. The van der Waals surface area contributed by atoms with Crippen LogP contribution in [-0.2, 0) is 25.8 Å². The van der Waals surface area contributed by atoms with Gasteiger partial charge in [-0.2, -0.15) is 0 Å². The normalized spacial score (nSPS) is 24.3. The zero-order valence-corrected chi connectivity index (χ0v) is 13.9. The summed E-state index contributed by atoms with van der Waals surface area (Å²) in [6.07, 6.45) is 8.55. The SMILES string of the molecule is CCCCS(=O)(=O)[O-].O=C1CCCCC1[S+]1CCCC1. The number of carbonyl (C=O) groups excluding carboxylic acids is 1. The number of hydrogen-bond donors (Lipinski definition) is 0. The van der Waals surface area contributed by atoms with Crippen molar-refractivity contribution in [3.63, 3.8) is 0 Å². The molecule has 1 heterocycles. The Labute approximate surface area is 125 Å². The number of unbranched alkanes of at least 4 members (excludes halogenated alkanes) is 1. The molecule has 2 rings (SSSR count). The predicted octanol–water partition coefficient (Wildman–Crippen LogP) is 2.24. The van der Waals surface area contributed by atoms with Gasteiger partial charge in [0.1, 0.15) is 11.5 Å². The Morgan fingerprint density at radius 2 is 1.85 bits per heavy atom. The Kier molecular flexibility index (Phi) is 8.14. The van der Waals surface area contributed by atoms with E-state index in [2.05, 4.69) is 0 Å².